The number of carbonyl (C=O) groups excluding carboxylic acids is 1. The number of likely N-dealkylation sites (tertiary alicyclic amines) is 1. The molecule has 2 aromatic heterocycles. The highest BCUT2D eigenvalue weighted by Crippen LogP contribution is 2.28. The molecule has 148 valence electrons. The average Bonchev–Trinajstić information content (AvgIpc) is 3.30. The summed E-state index contributed by atoms with van der Waals surface area (Å²) in [5.41, 5.74) is 3.24. The number of nitrogens with one attached hydrogen (secondary N) is 1. The lowest BCUT2D eigenvalue weighted by Gasteiger charge is -2.24. The van der Waals surface area contributed by atoms with Crippen LogP contribution in [-0.4, -0.2) is 38.3 Å². The molecule has 1 amide bonds. The molecule has 1 aromatic carbocycles. The molecule has 6 nitrogen and oxygen atoms in total. The molecule has 3 heterocycles. The molecule has 1 aliphatic heterocycles. The van der Waals surface area contributed by atoms with Gasteiger partial charge >= 0.3 is 0 Å². The normalized spacial score (nSPS) is 21.3. The van der Waals surface area contributed by atoms with Gasteiger partial charge in [-0.15, -0.1) is 0 Å². The van der Waals surface area contributed by atoms with Crippen molar-refractivity contribution in [2.24, 2.45) is 0 Å². The zero-order valence-electron chi connectivity index (χ0n) is 16.3. The molecule has 1 saturated heterocycles. The number of rotatable bonds is 4. The van der Waals surface area contributed by atoms with Crippen molar-refractivity contribution in [3.8, 4) is 17.3 Å². The largest absolute Gasteiger partial charge is 0.347 e. The van der Waals surface area contributed by atoms with Crippen LogP contribution in [0.2, 0.25) is 5.02 Å². The summed E-state index contributed by atoms with van der Waals surface area (Å²) in [5.74, 6) is -0.206. The zero-order valence-corrected chi connectivity index (χ0v) is 17.1. The molecule has 0 bridgehead atoms. The molecule has 29 heavy (non-hydrogen) atoms. The van der Waals surface area contributed by atoms with Gasteiger partial charge in [-0.25, -0.2) is 4.98 Å². The lowest BCUT2D eigenvalue weighted by atomic mass is 10.0. The second-order valence-electron chi connectivity index (χ2n) is 7.45. The Labute approximate surface area is 174 Å². The maximum absolute atomic E-state index is 12.9. The second-order valence-corrected chi connectivity index (χ2v) is 7.86. The quantitative estimate of drug-likeness (QED) is 0.660. The number of fused-ring (bicyclic) bond motifs is 1. The highest BCUT2D eigenvalue weighted by molar-refractivity contribution is 6.34. The highest BCUT2D eigenvalue weighted by Gasteiger charge is 2.38. The first-order chi connectivity index (χ1) is 14.0. The van der Waals surface area contributed by atoms with Crippen LogP contribution in [-0.2, 0) is 0 Å². The van der Waals surface area contributed by atoms with Crippen molar-refractivity contribution in [1.29, 1.82) is 5.26 Å². The van der Waals surface area contributed by atoms with E-state index in [1.165, 1.54) is 0 Å². The van der Waals surface area contributed by atoms with Crippen LogP contribution in [0.3, 0.4) is 0 Å². The minimum absolute atomic E-state index is 0.0129. The Morgan fingerprint density at radius 1 is 1.34 bits per heavy atom. The van der Waals surface area contributed by atoms with E-state index < -0.39 is 0 Å². The van der Waals surface area contributed by atoms with Crippen LogP contribution >= 0.6 is 11.6 Å². The third kappa shape index (κ3) is 3.54. The van der Waals surface area contributed by atoms with E-state index >= 15 is 0 Å². The predicted octanol–water partition coefficient (Wildman–Crippen LogP) is 4.11. The van der Waals surface area contributed by atoms with E-state index in [1.54, 1.807) is 17.2 Å². The topological polar surface area (TPSA) is 73.4 Å². The van der Waals surface area contributed by atoms with Crippen LogP contribution < -0.4 is 5.32 Å². The molecule has 1 fully saturated rings. The number of pyridine rings is 1. The summed E-state index contributed by atoms with van der Waals surface area (Å²) in [5, 5.41) is 12.9. The van der Waals surface area contributed by atoms with Crippen LogP contribution in [0.1, 0.15) is 37.0 Å². The number of aromatic nitrogens is 2. The SMILES string of the molecule is CC[C@@H]1[C@H](NC(=O)c2ccc(-c3ccc4nccn4c3)cc2Cl)C[C@H](C)N1C#N. The fourth-order valence-corrected chi connectivity index (χ4v) is 4.45. The van der Waals surface area contributed by atoms with Gasteiger partial charge in [-0.3, -0.25) is 4.79 Å². The Morgan fingerprint density at radius 3 is 2.86 bits per heavy atom. The third-order valence-electron chi connectivity index (χ3n) is 5.68. The Morgan fingerprint density at radius 2 is 2.14 bits per heavy atom. The van der Waals surface area contributed by atoms with E-state index in [-0.39, 0.29) is 24.0 Å². The molecule has 3 aromatic rings. The first-order valence-electron chi connectivity index (χ1n) is 9.73. The standard InChI is InChI=1S/C22H22ClN5O/c1-3-20-19(10-14(2)28(20)13-24)26-22(29)17-6-4-15(11-18(17)23)16-5-7-21-25-8-9-27(21)12-16/h4-9,11-12,14,19-20H,3,10H2,1-2H3,(H,26,29)/t14-,19+,20+/m0/s1. The van der Waals surface area contributed by atoms with Crippen molar-refractivity contribution in [2.45, 2.75) is 44.8 Å². The maximum Gasteiger partial charge on any atom is 0.253 e. The first kappa shape index (κ1) is 19.3. The summed E-state index contributed by atoms with van der Waals surface area (Å²) in [6, 6.07) is 9.45. The molecule has 3 atom stereocenters. The van der Waals surface area contributed by atoms with E-state index in [1.807, 2.05) is 54.9 Å². The van der Waals surface area contributed by atoms with Crippen molar-refractivity contribution in [2.75, 3.05) is 0 Å². The zero-order chi connectivity index (χ0) is 20.5. The van der Waals surface area contributed by atoms with Crippen LogP contribution in [0.15, 0.2) is 48.9 Å². The summed E-state index contributed by atoms with van der Waals surface area (Å²) in [6.45, 7) is 4.04. The maximum atomic E-state index is 12.9. The van der Waals surface area contributed by atoms with Crippen LogP contribution in [0.4, 0.5) is 0 Å². The fraction of sp³-hybridized carbons (Fsp3) is 0.318. The highest BCUT2D eigenvalue weighted by atomic mass is 35.5. The first-order valence-corrected chi connectivity index (χ1v) is 10.1. The predicted molar refractivity (Wildman–Crippen MR) is 113 cm³/mol. The summed E-state index contributed by atoms with van der Waals surface area (Å²) in [4.78, 5) is 18.9. The number of amides is 1. The van der Waals surface area contributed by atoms with E-state index in [0.29, 0.717) is 10.6 Å². The Balaban J connectivity index is 1.55. The van der Waals surface area contributed by atoms with E-state index in [4.69, 9.17) is 11.6 Å². The number of halogens is 1. The molecule has 4 rings (SSSR count). The second kappa shape index (κ2) is 7.76. The van der Waals surface area contributed by atoms with Crippen molar-refractivity contribution >= 4 is 23.2 Å². The Kier molecular flexibility index (Phi) is 5.16. The molecular weight excluding hydrogens is 386 g/mol. The van der Waals surface area contributed by atoms with E-state index in [9.17, 15) is 10.1 Å². The molecule has 0 spiro atoms. The van der Waals surface area contributed by atoms with Gasteiger partial charge in [0, 0.05) is 24.6 Å². The number of imidazole rings is 1. The summed E-state index contributed by atoms with van der Waals surface area (Å²) in [7, 11) is 0. The lowest BCUT2D eigenvalue weighted by Crippen LogP contribution is -2.43. The van der Waals surface area contributed by atoms with Gasteiger partial charge in [0.05, 0.1) is 22.7 Å². The lowest BCUT2D eigenvalue weighted by molar-refractivity contribution is 0.0929. The van der Waals surface area contributed by atoms with Crippen LogP contribution in [0.25, 0.3) is 16.8 Å². The summed E-state index contributed by atoms with van der Waals surface area (Å²) < 4.78 is 1.94. The van der Waals surface area contributed by atoms with Gasteiger partial charge in [-0.05, 0) is 55.2 Å². The number of nitrogens with zero attached hydrogens (tertiary/aromatic N) is 4. The van der Waals surface area contributed by atoms with Gasteiger partial charge in [-0.1, -0.05) is 24.6 Å². The molecule has 0 radical (unpaired) electrons. The Hall–Kier alpha value is -3.04. The summed E-state index contributed by atoms with van der Waals surface area (Å²) in [6.07, 6.45) is 9.42. The average molecular weight is 408 g/mol. The van der Waals surface area contributed by atoms with Gasteiger partial charge in [0.2, 0.25) is 0 Å². The van der Waals surface area contributed by atoms with Gasteiger partial charge in [0.25, 0.3) is 5.91 Å². The molecule has 1 N–H and O–H groups in total. The van der Waals surface area contributed by atoms with Crippen molar-refractivity contribution < 1.29 is 4.79 Å². The van der Waals surface area contributed by atoms with Crippen molar-refractivity contribution in [3.05, 3.63) is 59.5 Å². The minimum atomic E-state index is -0.206. The number of carbonyl (C=O) groups is 1. The van der Waals surface area contributed by atoms with Crippen LogP contribution in [0.5, 0.6) is 0 Å². The fourth-order valence-electron chi connectivity index (χ4n) is 4.18. The minimum Gasteiger partial charge on any atom is -0.347 e. The third-order valence-corrected chi connectivity index (χ3v) is 5.99. The molecule has 1 aliphatic rings. The molecule has 0 saturated carbocycles. The van der Waals surface area contributed by atoms with Gasteiger partial charge in [-0.2, -0.15) is 5.26 Å². The van der Waals surface area contributed by atoms with E-state index in [0.717, 1.165) is 29.6 Å². The van der Waals surface area contributed by atoms with Crippen molar-refractivity contribution in [3.63, 3.8) is 0 Å². The monoisotopic (exact) mass is 407 g/mol. The van der Waals surface area contributed by atoms with Crippen LogP contribution in [0, 0.1) is 11.5 Å². The van der Waals surface area contributed by atoms with Gasteiger partial charge < -0.3 is 14.6 Å². The molecule has 7 heteroatoms. The molecule has 0 unspecified atom stereocenters. The number of nitriles is 1. The smallest absolute Gasteiger partial charge is 0.253 e. The Bertz CT molecular complexity index is 1100. The number of hydrogen-bond donors (Lipinski definition) is 1. The summed E-state index contributed by atoms with van der Waals surface area (Å²) >= 11 is 6.47. The number of benzene rings is 1. The van der Waals surface area contributed by atoms with Gasteiger partial charge in [0.15, 0.2) is 6.19 Å². The van der Waals surface area contributed by atoms with Crippen molar-refractivity contribution in [1.82, 2.24) is 19.6 Å². The molecular formula is C22H22ClN5O. The van der Waals surface area contributed by atoms with Gasteiger partial charge in [0.1, 0.15) is 5.65 Å². The molecule has 0 aliphatic carbocycles. The number of hydrogen-bond acceptors (Lipinski definition) is 4. The van der Waals surface area contributed by atoms with E-state index in [2.05, 4.69) is 16.5 Å².